The number of carbonyl (C=O) groups excluding carboxylic acids is 1. The van der Waals surface area contributed by atoms with Gasteiger partial charge in [0, 0.05) is 18.8 Å². The minimum absolute atomic E-state index is 0.149. The van der Waals surface area contributed by atoms with E-state index in [2.05, 4.69) is 5.32 Å². The Bertz CT molecular complexity index is 466. The lowest BCUT2D eigenvalue weighted by atomic mass is 10.2. The number of carboxylic acids is 1. The Morgan fingerprint density at radius 2 is 1.79 bits per heavy atom. The third-order valence-electron chi connectivity index (χ3n) is 3.25. The van der Waals surface area contributed by atoms with Gasteiger partial charge in [-0.05, 0) is 31.0 Å². The molecule has 2 amide bonds. The third-order valence-corrected chi connectivity index (χ3v) is 3.25. The topological polar surface area (TPSA) is 69.6 Å². The van der Waals surface area contributed by atoms with E-state index in [0.29, 0.717) is 5.69 Å². The van der Waals surface area contributed by atoms with E-state index in [1.54, 1.807) is 17.0 Å². The van der Waals surface area contributed by atoms with Gasteiger partial charge in [0.25, 0.3) is 0 Å². The molecule has 0 spiro atoms. The number of amides is 2. The van der Waals surface area contributed by atoms with Gasteiger partial charge in [0.2, 0.25) is 0 Å². The second-order valence-corrected chi connectivity index (χ2v) is 4.72. The zero-order valence-electron chi connectivity index (χ0n) is 10.8. The van der Waals surface area contributed by atoms with Gasteiger partial charge >= 0.3 is 12.0 Å². The van der Waals surface area contributed by atoms with Gasteiger partial charge in [-0.25, -0.2) is 9.59 Å². The molecule has 0 unspecified atom stereocenters. The fourth-order valence-corrected chi connectivity index (χ4v) is 2.21. The molecule has 5 nitrogen and oxygen atoms in total. The number of nitrogens with one attached hydrogen (secondary N) is 1. The van der Waals surface area contributed by atoms with Gasteiger partial charge in [0.15, 0.2) is 0 Å². The Balaban J connectivity index is 2.01. The first-order valence-corrected chi connectivity index (χ1v) is 6.56. The van der Waals surface area contributed by atoms with Crippen LogP contribution in [0.4, 0.5) is 10.5 Å². The highest BCUT2D eigenvalue weighted by Gasteiger charge is 2.15. The Hall–Kier alpha value is -2.04. The molecule has 1 fully saturated rings. The molecule has 5 heteroatoms. The lowest BCUT2D eigenvalue weighted by molar-refractivity contribution is 0.0697. The fourth-order valence-electron chi connectivity index (χ4n) is 2.21. The van der Waals surface area contributed by atoms with Gasteiger partial charge < -0.3 is 15.3 Å². The number of hydrogen-bond donors (Lipinski definition) is 2. The van der Waals surface area contributed by atoms with Crippen molar-refractivity contribution in [2.24, 2.45) is 0 Å². The van der Waals surface area contributed by atoms with Crippen LogP contribution >= 0.6 is 0 Å². The van der Waals surface area contributed by atoms with Crippen LogP contribution in [0.3, 0.4) is 0 Å². The van der Waals surface area contributed by atoms with Crippen LogP contribution in [0.1, 0.15) is 36.0 Å². The van der Waals surface area contributed by atoms with Crippen molar-refractivity contribution in [3.05, 3.63) is 29.8 Å². The van der Waals surface area contributed by atoms with E-state index in [4.69, 9.17) is 5.11 Å². The number of anilines is 1. The molecule has 1 aromatic carbocycles. The summed E-state index contributed by atoms with van der Waals surface area (Å²) in [6.45, 7) is 1.54. The minimum Gasteiger partial charge on any atom is -0.478 e. The van der Waals surface area contributed by atoms with Crippen LogP contribution in [0.5, 0.6) is 0 Å². The molecule has 1 saturated heterocycles. The van der Waals surface area contributed by atoms with Crippen molar-refractivity contribution in [1.29, 1.82) is 0 Å². The molecule has 0 aliphatic carbocycles. The highest BCUT2D eigenvalue weighted by Crippen LogP contribution is 2.14. The van der Waals surface area contributed by atoms with Gasteiger partial charge in [-0.1, -0.05) is 18.9 Å². The number of rotatable bonds is 2. The maximum atomic E-state index is 12.1. The summed E-state index contributed by atoms with van der Waals surface area (Å²) in [5.41, 5.74) is 0.697. The smallest absolute Gasteiger partial charge is 0.335 e. The maximum Gasteiger partial charge on any atom is 0.335 e. The van der Waals surface area contributed by atoms with Crippen molar-refractivity contribution in [3.63, 3.8) is 0 Å². The molecule has 19 heavy (non-hydrogen) atoms. The largest absolute Gasteiger partial charge is 0.478 e. The van der Waals surface area contributed by atoms with Gasteiger partial charge in [-0.3, -0.25) is 0 Å². The summed E-state index contributed by atoms with van der Waals surface area (Å²) in [4.78, 5) is 24.7. The standard InChI is InChI=1S/C14H18N2O3/c17-13(18)11-6-5-7-12(10-11)15-14(19)16-8-3-1-2-4-9-16/h5-7,10H,1-4,8-9H2,(H,15,19)(H,17,18). The quantitative estimate of drug-likeness (QED) is 0.861. The van der Waals surface area contributed by atoms with E-state index in [1.165, 1.54) is 12.1 Å². The summed E-state index contributed by atoms with van der Waals surface area (Å²) in [6, 6.07) is 6.15. The van der Waals surface area contributed by atoms with Crippen LogP contribution < -0.4 is 5.32 Å². The van der Waals surface area contributed by atoms with Crippen molar-refractivity contribution >= 4 is 17.7 Å². The second-order valence-electron chi connectivity index (χ2n) is 4.72. The van der Waals surface area contributed by atoms with Crippen molar-refractivity contribution < 1.29 is 14.7 Å². The van der Waals surface area contributed by atoms with Gasteiger partial charge in [-0.15, -0.1) is 0 Å². The first-order valence-electron chi connectivity index (χ1n) is 6.56. The number of aromatic carboxylic acids is 1. The summed E-state index contributed by atoms with van der Waals surface area (Å²) in [5.74, 6) is -0.995. The molecule has 0 atom stereocenters. The number of nitrogens with zero attached hydrogens (tertiary/aromatic N) is 1. The van der Waals surface area contributed by atoms with Crippen molar-refractivity contribution in [2.75, 3.05) is 18.4 Å². The average Bonchev–Trinajstić information content (AvgIpc) is 2.68. The summed E-state index contributed by atoms with van der Waals surface area (Å²) in [6.07, 6.45) is 4.39. The fraction of sp³-hybridized carbons (Fsp3) is 0.429. The highest BCUT2D eigenvalue weighted by atomic mass is 16.4. The Kier molecular flexibility index (Phi) is 4.39. The lowest BCUT2D eigenvalue weighted by Gasteiger charge is -2.20. The van der Waals surface area contributed by atoms with Crippen LogP contribution in [-0.2, 0) is 0 Å². The van der Waals surface area contributed by atoms with E-state index in [-0.39, 0.29) is 11.6 Å². The van der Waals surface area contributed by atoms with Gasteiger partial charge in [0.05, 0.1) is 5.56 Å². The molecule has 1 heterocycles. The first kappa shape index (κ1) is 13.4. The Morgan fingerprint density at radius 1 is 1.11 bits per heavy atom. The molecule has 0 radical (unpaired) electrons. The molecule has 0 bridgehead atoms. The van der Waals surface area contributed by atoms with Gasteiger partial charge in [-0.2, -0.15) is 0 Å². The molecule has 0 aromatic heterocycles. The van der Waals surface area contributed by atoms with E-state index >= 15 is 0 Å². The second kappa shape index (κ2) is 6.22. The van der Waals surface area contributed by atoms with Crippen molar-refractivity contribution in [1.82, 2.24) is 4.90 Å². The maximum absolute atomic E-state index is 12.1. The molecular formula is C14H18N2O3. The molecule has 0 saturated carbocycles. The summed E-state index contributed by atoms with van der Waals surface area (Å²) < 4.78 is 0. The number of urea groups is 1. The number of hydrogen-bond acceptors (Lipinski definition) is 2. The molecule has 1 aromatic rings. The normalized spacial score (nSPS) is 15.7. The predicted octanol–water partition coefficient (Wildman–Crippen LogP) is 2.79. The molecule has 2 rings (SSSR count). The monoisotopic (exact) mass is 262 g/mol. The van der Waals surface area contributed by atoms with Crippen LogP contribution in [0.15, 0.2) is 24.3 Å². The highest BCUT2D eigenvalue weighted by molar-refractivity contribution is 5.93. The third kappa shape index (κ3) is 3.71. The van der Waals surface area contributed by atoms with Crippen LogP contribution in [-0.4, -0.2) is 35.1 Å². The number of carboxylic acid groups (broad SMARTS) is 1. The first-order chi connectivity index (χ1) is 9.16. The summed E-state index contributed by atoms with van der Waals surface area (Å²) in [5, 5.41) is 11.7. The zero-order chi connectivity index (χ0) is 13.7. The summed E-state index contributed by atoms with van der Waals surface area (Å²) >= 11 is 0. The van der Waals surface area contributed by atoms with E-state index < -0.39 is 5.97 Å². The number of likely N-dealkylation sites (tertiary alicyclic amines) is 1. The van der Waals surface area contributed by atoms with Crippen LogP contribution in [0.2, 0.25) is 0 Å². The molecular weight excluding hydrogens is 244 g/mol. The molecule has 1 aliphatic rings. The van der Waals surface area contributed by atoms with Crippen LogP contribution in [0.25, 0.3) is 0 Å². The van der Waals surface area contributed by atoms with Crippen molar-refractivity contribution in [3.8, 4) is 0 Å². The van der Waals surface area contributed by atoms with Crippen molar-refractivity contribution in [2.45, 2.75) is 25.7 Å². The number of benzene rings is 1. The van der Waals surface area contributed by atoms with E-state index in [9.17, 15) is 9.59 Å². The number of carbonyl (C=O) groups is 2. The molecule has 1 aliphatic heterocycles. The molecule has 102 valence electrons. The Labute approximate surface area is 112 Å². The summed E-state index contributed by atoms with van der Waals surface area (Å²) in [7, 11) is 0. The van der Waals surface area contributed by atoms with E-state index in [0.717, 1.165) is 38.8 Å². The van der Waals surface area contributed by atoms with Crippen LogP contribution in [0, 0.1) is 0 Å². The average molecular weight is 262 g/mol. The van der Waals surface area contributed by atoms with E-state index in [1.807, 2.05) is 0 Å². The Morgan fingerprint density at radius 3 is 2.42 bits per heavy atom. The zero-order valence-corrected chi connectivity index (χ0v) is 10.8. The molecule has 2 N–H and O–H groups in total. The predicted molar refractivity (Wildman–Crippen MR) is 72.5 cm³/mol. The minimum atomic E-state index is -0.995. The SMILES string of the molecule is O=C(O)c1cccc(NC(=O)N2CCCCCC2)c1. The van der Waals surface area contributed by atoms with Gasteiger partial charge in [0.1, 0.15) is 0 Å². The lowest BCUT2D eigenvalue weighted by Crippen LogP contribution is -2.35.